The maximum absolute atomic E-state index is 10.1. The van der Waals surface area contributed by atoms with Gasteiger partial charge in [-0.15, -0.1) is 0 Å². The van der Waals surface area contributed by atoms with Gasteiger partial charge in [-0.05, 0) is 18.9 Å². The molecule has 0 fully saturated rings. The van der Waals surface area contributed by atoms with Gasteiger partial charge in [-0.1, -0.05) is 116 Å². The molecule has 0 aromatic carbocycles. The molecule has 0 aliphatic rings. The first-order valence-electron chi connectivity index (χ1n) is 10.5. The molecule has 0 spiro atoms. The van der Waals surface area contributed by atoms with Gasteiger partial charge in [0.2, 0.25) is 0 Å². The first-order chi connectivity index (χ1) is 11.4. The van der Waals surface area contributed by atoms with E-state index in [1.54, 1.807) is 6.08 Å². The van der Waals surface area contributed by atoms with Gasteiger partial charge in [0.05, 0.1) is 0 Å². The summed E-state index contributed by atoms with van der Waals surface area (Å²) in [7, 11) is 0. The van der Waals surface area contributed by atoms with Gasteiger partial charge >= 0.3 is 0 Å². The first kappa shape index (κ1) is 22.4. The van der Waals surface area contributed by atoms with Crippen LogP contribution in [-0.4, -0.2) is 6.29 Å². The standard InChI is InChI=1S/C22H42O/c1-2-3-4-5-6-7-8-9-10-11-12-13-14-15-16-17-18-19-20-21-22-23/h20-22H,2-19H2,1H3. The monoisotopic (exact) mass is 322 g/mol. The Kier molecular flexibility index (Phi) is 20.9. The molecule has 0 saturated carbocycles. The van der Waals surface area contributed by atoms with Crippen LogP contribution in [0.15, 0.2) is 12.2 Å². The average molecular weight is 323 g/mol. The Balaban J connectivity index is 2.97. The zero-order valence-corrected chi connectivity index (χ0v) is 15.9. The van der Waals surface area contributed by atoms with Crippen molar-refractivity contribution in [3.8, 4) is 0 Å². The number of hydrogen-bond acceptors (Lipinski definition) is 1. The highest BCUT2D eigenvalue weighted by atomic mass is 16.1. The normalized spacial score (nSPS) is 11.3. The lowest BCUT2D eigenvalue weighted by Crippen LogP contribution is -1.83. The molecule has 0 rings (SSSR count). The molecular weight excluding hydrogens is 280 g/mol. The molecule has 0 unspecified atom stereocenters. The van der Waals surface area contributed by atoms with Gasteiger partial charge in [0.1, 0.15) is 6.29 Å². The van der Waals surface area contributed by atoms with Crippen molar-refractivity contribution in [1.29, 1.82) is 0 Å². The Hall–Kier alpha value is -0.590. The molecule has 0 aromatic heterocycles. The van der Waals surface area contributed by atoms with Crippen molar-refractivity contribution >= 4 is 6.29 Å². The molecule has 0 saturated heterocycles. The van der Waals surface area contributed by atoms with E-state index in [1.807, 2.05) is 6.08 Å². The molecule has 1 heteroatoms. The van der Waals surface area contributed by atoms with Crippen LogP contribution < -0.4 is 0 Å². The van der Waals surface area contributed by atoms with E-state index in [-0.39, 0.29) is 0 Å². The highest BCUT2D eigenvalue weighted by molar-refractivity contribution is 5.64. The van der Waals surface area contributed by atoms with Gasteiger partial charge in [-0.2, -0.15) is 0 Å². The Morgan fingerprint density at radius 2 is 0.870 bits per heavy atom. The second-order valence-electron chi connectivity index (χ2n) is 7.01. The van der Waals surface area contributed by atoms with Crippen LogP contribution in [0.25, 0.3) is 0 Å². The molecule has 0 radical (unpaired) electrons. The van der Waals surface area contributed by atoms with E-state index in [0.29, 0.717) is 0 Å². The smallest absolute Gasteiger partial charge is 0.142 e. The molecule has 23 heavy (non-hydrogen) atoms. The lowest BCUT2D eigenvalue weighted by Gasteiger charge is -2.03. The highest BCUT2D eigenvalue weighted by Crippen LogP contribution is 2.14. The minimum Gasteiger partial charge on any atom is -0.299 e. The Morgan fingerprint density at radius 1 is 0.522 bits per heavy atom. The summed E-state index contributed by atoms with van der Waals surface area (Å²) in [4.78, 5) is 10.1. The number of rotatable bonds is 19. The highest BCUT2D eigenvalue weighted by Gasteiger charge is 1.94. The lowest BCUT2D eigenvalue weighted by molar-refractivity contribution is -0.104. The second-order valence-corrected chi connectivity index (χ2v) is 7.01. The first-order valence-corrected chi connectivity index (χ1v) is 10.5. The molecule has 0 aliphatic heterocycles. The van der Waals surface area contributed by atoms with Crippen molar-refractivity contribution in [3.63, 3.8) is 0 Å². The molecule has 0 bridgehead atoms. The molecule has 0 N–H and O–H groups in total. The van der Waals surface area contributed by atoms with Crippen molar-refractivity contribution in [2.24, 2.45) is 0 Å². The number of hydrogen-bond donors (Lipinski definition) is 0. The van der Waals surface area contributed by atoms with Crippen LogP contribution in [0.2, 0.25) is 0 Å². The summed E-state index contributed by atoms with van der Waals surface area (Å²) in [6, 6.07) is 0. The van der Waals surface area contributed by atoms with E-state index in [4.69, 9.17) is 0 Å². The summed E-state index contributed by atoms with van der Waals surface area (Å²) < 4.78 is 0. The van der Waals surface area contributed by atoms with Crippen LogP contribution in [0.1, 0.15) is 122 Å². The largest absolute Gasteiger partial charge is 0.299 e. The minimum atomic E-state index is 0.869. The quantitative estimate of drug-likeness (QED) is 0.135. The van der Waals surface area contributed by atoms with Crippen LogP contribution >= 0.6 is 0 Å². The van der Waals surface area contributed by atoms with Gasteiger partial charge in [0, 0.05) is 0 Å². The van der Waals surface area contributed by atoms with E-state index >= 15 is 0 Å². The third-order valence-corrected chi connectivity index (χ3v) is 4.69. The zero-order chi connectivity index (χ0) is 16.8. The molecule has 1 nitrogen and oxygen atoms in total. The Labute approximate surface area is 146 Å². The van der Waals surface area contributed by atoms with E-state index in [2.05, 4.69) is 6.92 Å². The van der Waals surface area contributed by atoms with Crippen molar-refractivity contribution in [3.05, 3.63) is 12.2 Å². The van der Waals surface area contributed by atoms with E-state index < -0.39 is 0 Å². The van der Waals surface area contributed by atoms with Crippen LogP contribution in [-0.2, 0) is 4.79 Å². The van der Waals surface area contributed by atoms with Gasteiger partial charge in [0.25, 0.3) is 0 Å². The minimum absolute atomic E-state index is 0.869. The Bertz CT molecular complexity index is 244. The fourth-order valence-corrected chi connectivity index (χ4v) is 3.14. The maximum Gasteiger partial charge on any atom is 0.142 e. The topological polar surface area (TPSA) is 17.1 Å². The van der Waals surface area contributed by atoms with Gasteiger partial charge in [-0.25, -0.2) is 0 Å². The van der Waals surface area contributed by atoms with Crippen LogP contribution in [0, 0.1) is 0 Å². The van der Waals surface area contributed by atoms with Gasteiger partial charge in [0.15, 0.2) is 0 Å². The molecule has 0 amide bonds. The van der Waals surface area contributed by atoms with Crippen LogP contribution in [0.5, 0.6) is 0 Å². The summed E-state index contributed by atoms with van der Waals surface area (Å²) >= 11 is 0. The fraction of sp³-hybridized carbons (Fsp3) is 0.864. The summed E-state index contributed by atoms with van der Waals surface area (Å²) in [5, 5.41) is 0. The summed E-state index contributed by atoms with van der Waals surface area (Å²) in [6.07, 6.45) is 29.6. The number of aldehydes is 1. The molecule has 136 valence electrons. The number of carbonyl (C=O) groups is 1. The molecule has 0 aromatic rings. The van der Waals surface area contributed by atoms with Crippen molar-refractivity contribution in [2.75, 3.05) is 0 Å². The zero-order valence-electron chi connectivity index (χ0n) is 15.9. The molecule has 0 heterocycles. The van der Waals surface area contributed by atoms with Crippen molar-refractivity contribution in [2.45, 2.75) is 122 Å². The summed E-state index contributed by atoms with van der Waals surface area (Å²) in [5.41, 5.74) is 0. The summed E-state index contributed by atoms with van der Waals surface area (Å²) in [6.45, 7) is 2.29. The number of carbonyl (C=O) groups excluding carboxylic acids is 1. The van der Waals surface area contributed by atoms with Gasteiger partial charge in [-0.3, -0.25) is 4.79 Å². The third kappa shape index (κ3) is 21.4. The van der Waals surface area contributed by atoms with Crippen molar-refractivity contribution in [1.82, 2.24) is 0 Å². The van der Waals surface area contributed by atoms with E-state index in [1.165, 1.54) is 109 Å². The van der Waals surface area contributed by atoms with E-state index in [9.17, 15) is 4.79 Å². The van der Waals surface area contributed by atoms with Gasteiger partial charge < -0.3 is 0 Å². The Morgan fingerprint density at radius 3 is 1.22 bits per heavy atom. The lowest BCUT2D eigenvalue weighted by atomic mass is 10.0. The SMILES string of the molecule is CCCCCCCCCCCCCCCCCCCC=CC=O. The predicted octanol–water partition coefficient (Wildman–Crippen LogP) is 7.78. The molecule has 0 aliphatic carbocycles. The second kappa shape index (κ2) is 21.4. The summed E-state index contributed by atoms with van der Waals surface area (Å²) in [5.74, 6) is 0. The maximum atomic E-state index is 10.1. The molecular formula is C22H42O. The third-order valence-electron chi connectivity index (χ3n) is 4.69. The van der Waals surface area contributed by atoms with E-state index in [0.717, 1.165) is 12.7 Å². The molecule has 0 atom stereocenters. The number of allylic oxidation sites excluding steroid dienone is 2. The van der Waals surface area contributed by atoms with Crippen molar-refractivity contribution < 1.29 is 4.79 Å². The number of unbranched alkanes of at least 4 members (excludes halogenated alkanes) is 17. The van der Waals surface area contributed by atoms with Crippen LogP contribution in [0.3, 0.4) is 0 Å². The van der Waals surface area contributed by atoms with Crippen LogP contribution in [0.4, 0.5) is 0 Å². The predicted molar refractivity (Wildman–Crippen MR) is 104 cm³/mol. The average Bonchev–Trinajstić information content (AvgIpc) is 2.57. The fourth-order valence-electron chi connectivity index (χ4n) is 3.14.